The first-order chi connectivity index (χ1) is 31.6. The van der Waals surface area contributed by atoms with E-state index in [-0.39, 0.29) is 87.9 Å². The second kappa shape index (κ2) is 24.8. The first-order valence-corrected chi connectivity index (χ1v) is 20.5. The molecule has 3 heterocycles. The predicted octanol–water partition coefficient (Wildman–Crippen LogP) is 11.5. The van der Waals surface area contributed by atoms with E-state index in [4.69, 9.17) is 0 Å². The molecule has 0 spiro atoms. The number of carboxylic acid groups (broad SMARTS) is 2. The number of Topliss-reactive ketones (excluding diaryl/α,β-unsaturated/α-hetero) is 2. The van der Waals surface area contributed by atoms with Crippen LogP contribution in [0.25, 0.3) is 44.3 Å². The number of benzene rings is 6. The Bertz CT molecular complexity index is 3160. The number of aromatic carboxylic acids is 2. The molecule has 0 fully saturated rings. The van der Waals surface area contributed by atoms with Gasteiger partial charge in [-0.3, -0.25) is 14.4 Å². The van der Waals surface area contributed by atoms with Gasteiger partial charge in [0.05, 0.1) is 44.8 Å². The molecule has 2 radical (unpaired) electrons. The maximum absolute atomic E-state index is 13.5. The summed E-state index contributed by atoms with van der Waals surface area (Å²) >= 11 is 0. The van der Waals surface area contributed by atoms with Gasteiger partial charge in [0.15, 0.2) is 0 Å². The van der Waals surface area contributed by atoms with Crippen LogP contribution in [0.5, 0.6) is 0 Å². The Kier molecular flexibility index (Phi) is 19.9. The van der Waals surface area contributed by atoms with Crippen LogP contribution >= 0.6 is 0 Å². The van der Waals surface area contributed by atoms with Crippen LogP contribution in [0.4, 0.5) is 18.9 Å². The van der Waals surface area contributed by atoms with Gasteiger partial charge in [0, 0.05) is 88.2 Å². The molecule has 338 valence electrons. The van der Waals surface area contributed by atoms with E-state index < -0.39 is 41.1 Å². The number of halogens is 3. The molecular weight excluding hydrogens is 1030 g/mol. The Labute approximate surface area is 440 Å². The van der Waals surface area contributed by atoms with Crippen molar-refractivity contribution in [2.45, 2.75) is 40.5 Å². The summed E-state index contributed by atoms with van der Waals surface area (Å²) in [6.07, 6.45) is 1.51. The molecule has 9 rings (SSSR count). The van der Waals surface area contributed by atoms with Gasteiger partial charge in [0.2, 0.25) is 0 Å². The van der Waals surface area contributed by atoms with Crippen molar-refractivity contribution >= 4 is 56.9 Å². The quantitative estimate of drug-likeness (QED) is 0.0801. The number of nitrogens with zero attached hydrogens (tertiary/aromatic N) is 2. The van der Waals surface area contributed by atoms with Gasteiger partial charge in [-0.15, -0.1) is 5.56 Å². The number of carbonyl (C=O) groups excluding carboxylic acids is 3. The van der Waals surface area contributed by atoms with Crippen LogP contribution < -0.4 is 5.32 Å². The monoisotopic (exact) mass is 1070 g/mol. The van der Waals surface area contributed by atoms with E-state index in [9.17, 15) is 47.4 Å². The number of ketones is 2. The molecule has 68 heavy (non-hydrogen) atoms. The number of hydrogen-bond acceptors (Lipinski definition) is 7. The number of anilines is 1. The number of nitrogens with one attached hydrogen (secondary N) is 1. The summed E-state index contributed by atoms with van der Waals surface area (Å²) in [5.41, 5.74) is 7.52. The maximum atomic E-state index is 13.5. The molecule has 0 atom stereocenters. The van der Waals surface area contributed by atoms with Crippen molar-refractivity contribution in [3.63, 3.8) is 0 Å². The minimum atomic E-state index is -1.09. The molecule has 15 heteroatoms. The van der Waals surface area contributed by atoms with Crippen molar-refractivity contribution in [3.8, 4) is 22.5 Å². The van der Waals surface area contributed by atoms with Crippen LogP contribution in [0.2, 0.25) is 0 Å². The second-order valence-electron chi connectivity index (χ2n) is 14.7. The van der Waals surface area contributed by atoms with Crippen molar-refractivity contribution < 1.29 is 113 Å². The zero-order valence-electron chi connectivity index (χ0n) is 37.2. The number of pyridine rings is 2. The minimum Gasteiger partial charge on any atom is -0.478 e. The Morgan fingerprint density at radius 3 is 1.50 bits per heavy atom. The summed E-state index contributed by atoms with van der Waals surface area (Å²) in [5, 5.41) is 22.0. The van der Waals surface area contributed by atoms with Gasteiger partial charge in [-0.1, -0.05) is 43.7 Å². The summed E-state index contributed by atoms with van der Waals surface area (Å²) in [6, 6.07) is 39.5. The molecule has 0 saturated carbocycles. The number of aryl methyl sites for hydroxylation is 1. The standard InChI is InChI=1S/C19H16FNO2.C17H11FNO2.C9H9O.C8H4FNO2.2Y/c1-3-12-4-6-13(7-5-12)18-11(2)17(19(22)23)15-10-14(20)8-9-16(15)21-18;1-10-15(17(20)21)13-9-12(18)7-8-14(13)19-16(10)11-5-3-2-4-6-11;1-2-9(10)8-6-4-3-5-7-8;9-4-1-2-6-5(3-4)7(11)8(12)10-6;;/h4-10H,3H2,1-2H3,(H,22,23);3-9H,1H3,(H,20,21);4-7H,2H2,1H3;1-3H,(H,10,11,12);;/q;2*-1;;;. The SMILES string of the molecule is CCC(=O)c1cc[c-]cc1.CCc1ccc(-c2nc3ccc(F)cc3c(C(=O)O)c2C)cc1.Cc1c(-c2cc[c-]cc2)nc2ccc(F)cc2c1C(=O)O.O=C1Nc2ccc(F)cc2C1=O.[Y].[Y]. The molecule has 0 saturated heterocycles. The van der Waals surface area contributed by atoms with E-state index in [1.165, 1.54) is 54.1 Å². The fourth-order valence-electron chi connectivity index (χ4n) is 7.11. The fourth-order valence-corrected chi connectivity index (χ4v) is 7.11. The Balaban J connectivity index is 0.000000206. The van der Waals surface area contributed by atoms with Crippen LogP contribution in [0.3, 0.4) is 0 Å². The topological polar surface area (TPSA) is 164 Å². The first-order valence-electron chi connectivity index (χ1n) is 20.5. The van der Waals surface area contributed by atoms with Gasteiger partial charge < -0.3 is 15.5 Å². The Morgan fingerprint density at radius 1 is 0.603 bits per heavy atom. The van der Waals surface area contributed by atoms with Crippen LogP contribution in [-0.4, -0.2) is 49.6 Å². The van der Waals surface area contributed by atoms with Crippen LogP contribution in [-0.2, 0) is 76.6 Å². The molecule has 3 N–H and O–H groups in total. The Morgan fingerprint density at radius 2 is 1.04 bits per heavy atom. The zero-order valence-corrected chi connectivity index (χ0v) is 42.8. The van der Waals surface area contributed by atoms with Gasteiger partial charge >= 0.3 is 11.9 Å². The molecule has 1 aliphatic rings. The van der Waals surface area contributed by atoms with Crippen molar-refractivity contribution in [1.82, 2.24) is 9.97 Å². The minimum absolute atomic E-state index is 0. The maximum Gasteiger partial charge on any atom is 0.336 e. The van der Waals surface area contributed by atoms with Crippen LogP contribution in [0.1, 0.15) is 78.4 Å². The van der Waals surface area contributed by atoms with E-state index in [2.05, 4.69) is 34.3 Å². The van der Waals surface area contributed by atoms with Gasteiger partial charge in [-0.2, -0.15) is 60.7 Å². The van der Waals surface area contributed by atoms with Crippen LogP contribution in [0.15, 0.2) is 127 Å². The van der Waals surface area contributed by atoms with Gasteiger partial charge in [-0.25, -0.2) is 32.7 Å². The third kappa shape index (κ3) is 12.9. The van der Waals surface area contributed by atoms with Gasteiger partial charge in [-0.05, 0) is 91.6 Å². The molecule has 0 unspecified atom stereocenters. The largest absolute Gasteiger partial charge is 0.478 e. The molecule has 1 aliphatic heterocycles. The summed E-state index contributed by atoms with van der Waals surface area (Å²) < 4.78 is 39.5. The number of fused-ring (bicyclic) bond motifs is 3. The van der Waals surface area contributed by atoms with Crippen molar-refractivity contribution in [2.75, 3.05) is 5.32 Å². The van der Waals surface area contributed by atoms with Crippen molar-refractivity contribution in [1.29, 1.82) is 0 Å². The third-order valence-corrected chi connectivity index (χ3v) is 10.5. The predicted molar refractivity (Wildman–Crippen MR) is 245 cm³/mol. The molecule has 6 aromatic carbocycles. The normalized spacial score (nSPS) is 10.9. The second-order valence-corrected chi connectivity index (χ2v) is 14.7. The van der Waals surface area contributed by atoms with Gasteiger partial charge in [0.1, 0.15) is 23.2 Å². The molecular formula is C53H40F3N3O7Y2-2. The summed E-state index contributed by atoms with van der Waals surface area (Å²) in [5.74, 6) is -4.82. The van der Waals surface area contributed by atoms with Crippen molar-refractivity contribution in [2.24, 2.45) is 0 Å². The number of carboxylic acids is 2. The summed E-state index contributed by atoms with van der Waals surface area (Å²) in [4.78, 5) is 65.0. The Hall–Kier alpha value is -6.11. The number of amides is 1. The molecule has 1 amide bonds. The molecule has 2 aromatic heterocycles. The molecule has 10 nitrogen and oxygen atoms in total. The van der Waals surface area contributed by atoms with E-state index in [1.54, 1.807) is 50.2 Å². The fraction of sp³-hybridized carbons (Fsp3) is 0.113. The number of aromatic nitrogens is 2. The zero-order chi connectivity index (χ0) is 47.7. The first kappa shape index (κ1) is 54.5. The average Bonchev–Trinajstić information content (AvgIpc) is 3.60. The van der Waals surface area contributed by atoms with E-state index in [1.807, 2.05) is 43.3 Å². The number of rotatable bonds is 7. The average molecular weight is 1070 g/mol. The third-order valence-electron chi connectivity index (χ3n) is 10.5. The number of hydrogen-bond donors (Lipinski definition) is 3. The number of carbonyl (C=O) groups is 5. The van der Waals surface area contributed by atoms with E-state index >= 15 is 0 Å². The summed E-state index contributed by atoms with van der Waals surface area (Å²) in [6.45, 7) is 7.33. The van der Waals surface area contributed by atoms with Crippen LogP contribution in [0, 0.1) is 43.4 Å². The molecule has 0 aliphatic carbocycles. The van der Waals surface area contributed by atoms with E-state index in [0.717, 1.165) is 29.2 Å². The van der Waals surface area contributed by atoms with Gasteiger partial charge in [0.25, 0.3) is 11.7 Å². The molecule has 8 aromatic rings. The van der Waals surface area contributed by atoms with Crippen molar-refractivity contribution in [3.05, 3.63) is 196 Å². The smallest absolute Gasteiger partial charge is 0.336 e. The molecule has 0 bridgehead atoms. The summed E-state index contributed by atoms with van der Waals surface area (Å²) in [7, 11) is 0. The van der Waals surface area contributed by atoms with E-state index in [0.29, 0.717) is 56.4 Å².